The number of piperazine rings is 1. The number of para-hydroxylation sites is 1. The molecule has 1 aromatic carbocycles. The van der Waals surface area contributed by atoms with Crippen LogP contribution in [0.5, 0.6) is 0 Å². The van der Waals surface area contributed by atoms with Crippen molar-refractivity contribution in [1.82, 2.24) is 4.90 Å². The van der Waals surface area contributed by atoms with E-state index < -0.39 is 10.8 Å². The summed E-state index contributed by atoms with van der Waals surface area (Å²) in [6.45, 7) is 20.6. The van der Waals surface area contributed by atoms with Crippen molar-refractivity contribution in [3.63, 3.8) is 0 Å². The number of carbonyl (C=O) groups excluding carboxylic acids is 3. The summed E-state index contributed by atoms with van der Waals surface area (Å²) < 4.78 is 6.15. The number of nitrogens with zero attached hydrogens (tertiary/aromatic N) is 2. The third kappa shape index (κ3) is 5.17. The standard InChI is InChI=1S/C42H58Cl2N2O4/c1-26(47)50-33-13-14-37(2,3)32-12-15-41(7)35(42(32,33)8)31(48)24-27-28-25-39(5,17-16-38(28,4)18-19-40(27,41)6)36(49)46-22-20-45(21-23-46)34-29(43)10-9-11-30(34)44/h9-11,24,28,32-33,35H,12-23,25H2,1-8H3/t28-,32?,33?,35?,38+,39?,40+,41+,42+/m0/s1. The fraction of sp³-hybridized carbons (Fsp3) is 0.738. The van der Waals surface area contributed by atoms with E-state index in [1.807, 2.05) is 18.2 Å². The van der Waals surface area contributed by atoms with Gasteiger partial charge < -0.3 is 14.5 Å². The van der Waals surface area contributed by atoms with Crippen LogP contribution in [0.1, 0.15) is 113 Å². The van der Waals surface area contributed by atoms with Gasteiger partial charge in [-0.05, 0) is 109 Å². The van der Waals surface area contributed by atoms with Gasteiger partial charge in [-0.3, -0.25) is 14.4 Å². The molecule has 4 unspecified atom stereocenters. The van der Waals surface area contributed by atoms with Gasteiger partial charge >= 0.3 is 5.97 Å². The molecule has 1 saturated heterocycles. The van der Waals surface area contributed by atoms with Gasteiger partial charge in [0.1, 0.15) is 6.10 Å². The Balaban J connectivity index is 1.19. The molecule has 9 atom stereocenters. The van der Waals surface area contributed by atoms with Crippen LogP contribution in [0, 0.1) is 50.2 Å². The van der Waals surface area contributed by atoms with Crippen LogP contribution in [-0.2, 0) is 19.1 Å². The van der Waals surface area contributed by atoms with Gasteiger partial charge in [-0.1, -0.05) is 83.3 Å². The first kappa shape index (κ1) is 36.3. The van der Waals surface area contributed by atoms with Crippen molar-refractivity contribution in [3.8, 4) is 0 Å². The molecule has 6 nitrogen and oxygen atoms in total. The van der Waals surface area contributed by atoms with E-state index in [-0.39, 0.29) is 57.3 Å². The molecule has 5 aliphatic carbocycles. The lowest BCUT2D eigenvalue weighted by Crippen LogP contribution is -2.68. The lowest BCUT2D eigenvalue weighted by Gasteiger charge is -2.71. The van der Waals surface area contributed by atoms with Crippen LogP contribution >= 0.6 is 23.2 Å². The third-order valence-electron chi connectivity index (χ3n) is 16.1. The van der Waals surface area contributed by atoms with Crippen LogP contribution < -0.4 is 4.90 Å². The van der Waals surface area contributed by atoms with Gasteiger partial charge in [0.05, 0.1) is 15.7 Å². The molecule has 1 aliphatic heterocycles. The van der Waals surface area contributed by atoms with E-state index in [0.29, 0.717) is 42.1 Å². The maximum absolute atomic E-state index is 14.9. The van der Waals surface area contributed by atoms with Crippen molar-refractivity contribution in [2.45, 2.75) is 119 Å². The first-order chi connectivity index (χ1) is 23.3. The number of esters is 1. The number of ether oxygens (including phenoxy) is 1. The summed E-state index contributed by atoms with van der Waals surface area (Å²) in [5.41, 5.74) is 0.912. The molecule has 0 aromatic heterocycles. The van der Waals surface area contributed by atoms with Gasteiger partial charge in [0.2, 0.25) is 5.91 Å². The number of ketones is 1. The van der Waals surface area contributed by atoms with E-state index in [4.69, 9.17) is 27.9 Å². The molecule has 0 bridgehead atoms. The molecule has 274 valence electrons. The van der Waals surface area contributed by atoms with E-state index in [2.05, 4.69) is 64.3 Å². The Bertz CT molecular complexity index is 1610. The minimum atomic E-state index is -0.494. The molecular formula is C42H58Cl2N2O4. The molecule has 7 rings (SSSR count). The first-order valence-electron chi connectivity index (χ1n) is 19.2. The van der Waals surface area contributed by atoms with Crippen LogP contribution in [0.2, 0.25) is 10.0 Å². The second-order valence-electron chi connectivity index (χ2n) is 19.1. The van der Waals surface area contributed by atoms with Crippen molar-refractivity contribution >= 4 is 46.5 Å². The van der Waals surface area contributed by atoms with E-state index in [1.54, 1.807) is 0 Å². The largest absolute Gasteiger partial charge is 0.462 e. The molecule has 0 radical (unpaired) electrons. The average molecular weight is 726 g/mol. The average Bonchev–Trinajstić information content (AvgIpc) is 3.04. The zero-order valence-electron chi connectivity index (χ0n) is 31.6. The molecule has 0 spiro atoms. The van der Waals surface area contributed by atoms with E-state index in [9.17, 15) is 14.4 Å². The Hall–Kier alpha value is -2.05. The minimum Gasteiger partial charge on any atom is -0.462 e. The fourth-order valence-electron chi connectivity index (χ4n) is 13.0. The van der Waals surface area contributed by atoms with Gasteiger partial charge in [0.25, 0.3) is 0 Å². The maximum Gasteiger partial charge on any atom is 0.302 e. The van der Waals surface area contributed by atoms with Crippen molar-refractivity contribution < 1.29 is 19.1 Å². The number of amides is 1. The Morgan fingerprint density at radius 3 is 2.12 bits per heavy atom. The Kier molecular flexibility index (Phi) is 8.70. The zero-order chi connectivity index (χ0) is 36.2. The van der Waals surface area contributed by atoms with E-state index in [0.717, 1.165) is 63.5 Å². The quantitative estimate of drug-likeness (QED) is 0.291. The Morgan fingerprint density at radius 2 is 1.48 bits per heavy atom. The lowest BCUT2D eigenvalue weighted by molar-refractivity contribution is -0.225. The zero-order valence-corrected chi connectivity index (χ0v) is 33.1. The Labute approximate surface area is 310 Å². The molecule has 1 heterocycles. The van der Waals surface area contributed by atoms with Crippen LogP contribution in [-0.4, -0.2) is 54.8 Å². The van der Waals surface area contributed by atoms with E-state index in [1.165, 1.54) is 12.5 Å². The lowest BCUT2D eigenvalue weighted by atomic mass is 9.33. The second kappa shape index (κ2) is 12.0. The molecule has 6 aliphatic rings. The van der Waals surface area contributed by atoms with Crippen molar-refractivity contribution in [2.24, 2.45) is 50.2 Å². The Morgan fingerprint density at radius 1 is 0.840 bits per heavy atom. The van der Waals surface area contributed by atoms with E-state index >= 15 is 0 Å². The number of hydrogen-bond acceptors (Lipinski definition) is 5. The summed E-state index contributed by atoms with van der Waals surface area (Å²) in [4.78, 5) is 46.2. The number of fused-ring (bicyclic) bond motifs is 7. The monoisotopic (exact) mass is 724 g/mol. The maximum atomic E-state index is 14.9. The normalized spacial score (nSPS) is 42.4. The van der Waals surface area contributed by atoms with Crippen LogP contribution in [0.3, 0.4) is 0 Å². The topological polar surface area (TPSA) is 66.9 Å². The number of carbonyl (C=O) groups is 3. The number of halogens is 2. The predicted octanol–water partition coefficient (Wildman–Crippen LogP) is 9.55. The summed E-state index contributed by atoms with van der Waals surface area (Å²) >= 11 is 13.1. The molecule has 8 heteroatoms. The van der Waals surface area contributed by atoms with Crippen molar-refractivity contribution in [2.75, 3.05) is 31.1 Å². The first-order valence-corrected chi connectivity index (χ1v) is 20.0. The number of benzene rings is 1. The molecule has 0 N–H and O–H groups in total. The summed E-state index contributed by atoms with van der Waals surface area (Å²) in [6, 6.07) is 5.59. The van der Waals surface area contributed by atoms with Gasteiger partial charge in [-0.2, -0.15) is 0 Å². The van der Waals surface area contributed by atoms with Gasteiger partial charge in [-0.25, -0.2) is 0 Å². The molecule has 50 heavy (non-hydrogen) atoms. The van der Waals surface area contributed by atoms with Gasteiger partial charge in [0.15, 0.2) is 5.78 Å². The minimum absolute atomic E-state index is 0.0579. The molecule has 1 aromatic rings. The molecule has 5 fully saturated rings. The SMILES string of the molecule is CC(=O)OC1CCC(C)(C)C2CC[C@]3(C)C(C(=O)C=C4[C@@H]5CC(C)(C(=O)N6CCN(c7c(Cl)cccc7Cl)CC6)CC[C@]5(C)CC[C@]43C)[C@@]12C. The number of anilines is 1. The molecule has 1 amide bonds. The van der Waals surface area contributed by atoms with Gasteiger partial charge in [-0.15, -0.1) is 0 Å². The highest BCUT2D eigenvalue weighted by Gasteiger charge is 2.72. The predicted molar refractivity (Wildman–Crippen MR) is 200 cm³/mol. The van der Waals surface area contributed by atoms with Crippen LogP contribution in [0.25, 0.3) is 0 Å². The second-order valence-corrected chi connectivity index (χ2v) is 19.9. The third-order valence-corrected chi connectivity index (χ3v) is 16.7. The number of allylic oxidation sites excluding steroid dienone is 2. The number of hydrogen-bond donors (Lipinski definition) is 0. The molecule has 4 saturated carbocycles. The summed E-state index contributed by atoms with van der Waals surface area (Å²) in [7, 11) is 0. The highest BCUT2D eigenvalue weighted by molar-refractivity contribution is 6.39. The van der Waals surface area contributed by atoms with Crippen LogP contribution in [0.4, 0.5) is 5.69 Å². The highest BCUT2D eigenvalue weighted by atomic mass is 35.5. The highest BCUT2D eigenvalue weighted by Crippen LogP contribution is 2.75. The van der Waals surface area contributed by atoms with Crippen LogP contribution in [0.15, 0.2) is 29.8 Å². The van der Waals surface area contributed by atoms with Crippen molar-refractivity contribution in [1.29, 1.82) is 0 Å². The fourth-order valence-corrected chi connectivity index (χ4v) is 13.7. The smallest absolute Gasteiger partial charge is 0.302 e. The van der Waals surface area contributed by atoms with Gasteiger partial charge in [0, 0.05) is 49.9 Å². The summed E-state index contributed by atoms with van der Waals surface area (Å²) in [6.07, 6.45) is 10.4. The van der Waals surface area contributed by atoms with Crippen molar-refractivity contribution in [3.05, 3.63) is 39.9 Å². The summed E-state index contributed by atoms with van der Waals surface area (Å²) in [5, 5.41) is 1.28. The summed E-state index contributed by atoms with van der Waals surface area (Å²) in [5.74, 6) is 0.472. The molecular weight excluding hydrogens is 667 g/mol. The number of rotatable bonds is 3.